The van der Waals surface area contributed by atoms with Crippen LogP contribution in [-0.2, 0) is 7.05 Å². The van der Waals surface area contributed by atoms with Gasteiger partial charge in [0.15, 0.2) is 0 Å². The molecule has 0 N–H and O–H groups in total. The Kier molecular flexibility index (Phi) is 3.09. The van der Waals surface area contributed by atoms with Crippen molar-refractivity contribution >= 4 is 17.1 Å². The largest absolute Gasteiger partial charge is 0.275 e. The normalized spacial score (nSPS) is 11.3. The number of hydrogen-bond acceptors (Lipinski definition) is 4. The van der Waals surface area contributed by atoms with Crippen LogP contribution in [-0.4, -0.2) is 29.4 Å². The number of pyridine rings is 1. The van der Waals surface area contributed by atoms with E-state index in [1.165, 1.54) is 12.3 Å². The van der Waals surface area contributed by atoms with Gasteiger partial charge in [-0.05, 0) is 12.1 Å². The number of aryl methyl sites for hydroxylation is 1. The Bertz CT molecular complexity index is 1000. The van der Waals surface area contributed by atoms with E-state index < -0.39 is 5.95 Å². The Morgan fingerprint density at radius 2 is 1.91 bits per heavy atom. The summed E-state index contributed by atoms with van der Waals surface area (Å²) in [4.78, 5) is 8.34. The van der Waals surface area contributed by atoms with E-state index in [1.807, 2.05) is 13.2 Å². The number of aromatic nitrogens is 6. The second kappa shape index (κ2) is 5.13. The van der Waals surface area contributed by atoms with Gasteiger partial charge in [-0.2, -0.15) is 14.6 Å². The second-order valence-corrected chi connectivity index (χ2v) is 5.44. The van der Waals surface area contributed by atoms with E-state index in [1.54, 1.807) is 33.9 Å². The van der Waals surface area contributed by atoms with Gasteiger partial charge < -0.3 is 0 Å². The lowest BCUT2D eigenvalue weighted by molar-refractivity contribution is 0.584. The Hall–Kier alpha value is -2.80. The van der Waals surface area contributed by atoms with Crippen LogP contribution in [0.5, 0.6) is 0 Å². The lowest BCUT2D eigenvalue weighted by atomic mass is 10.1. The number of fused-ring (bicyclic) bond motifs is 1. The molecular formula is C15H10ClFN6. The maximum absolute atomic E-state index is 13.1. The summed E-state index contributed by atoms with van der Waals surface area (Å²) in [5.74, 6) is -0.548. The molecule has 4 rings (SSSR count). The average molecular weight is 329 g/mol. The molecule has 23 heavy (non-hydrogen) atoms. The van der Waals surface area contributed by atoms with Crippen LogP contribution in [0.4, 0.5) is 4.39 Å². The first-order valence-corrected chi connectivity index (χ1v) is 7.14. The van der Waals surface area contributed by atoms with Gasteiger partial charge in [0.2, 0.25) is 5.95 Å². The van der Waals surface area contributed by atoms with Crippen LogP contribution in [0.25, 0.3) is 28.0 Å². The molecule has 0 fully saturated rings. The van der Waals surface area contributed by atoms with Crippen molar-refractivity contribution < 1.29 is 4.39 Å². The van der Waals surface area contributed by atoms with Gasteiger partial charge in [-0.15, -0.1) is 0 Å². The first-order chi connectivity index (χ1) is 11.1. The molecule has 0 bridgehead atoms. The van der Waals surface area contributed by atoms with Crippen molar-refractivity contribution in [2.75, 3.05) is 0 Å². The molecule has 0 aromatic carbocycles. The summed E-state index contributed by atoms with van der Waals surface area (Å²) in [5.41, 5.74) is 3.42. The van der Waals surface area contributed by atoms with Gasteiger partial charge in [0, 0.05) is 30.6 Å². The quantitative estimate of drug-likeness (QED) is 0.531. The lowest BCUT2D eigenvalue weighted by Crippen LogP contribution is -1.97. The monoisotopic (exact) mass is 328 g/mol. The van der Waals surface area contributed by atoms with Gasteiger partial charge in [-0.1, -0.05) is 11.6 Å². The Labute approximate surface area is 135 Å². The van der Waals surface area contributed by atoms with Crippen molar-refractivity contribution in [3.05, 3.63) is 54.1 Å². The molecule has 0 amide bonds. The predicted octanol–water partition coefficient (Wildman–Crippen LogP) is 2.98. The van der Waals surface area contributed by atoms with Gasteiger partial charge in [0.1, 0.15) is 5.52 Å². The summed E-state index contributed by atoms with van der Waals surface area (Å²) >= 11 is 6.23. The fraction of sp³-hybridized carbons (Fsp3) is 0.0667. The fourth-order valence-electron chi connectivity index (χ4n) is 2.39. The minimum Gasteiger partial charge on any atom is -0.275 e. The van der Waals surface area contributed by atoms with Gasteiger partial charge in [-0.25, -0.2) is 14.5 Å². The van der Waals surface area contributed by atoms with Gasteiger partial charge in [0.05, 0.1) is 35.0 Å². The molecule has 0 saturated carbocycles. The van der Waals surface area contributed by atoms with Crippen LogP contribution in [0, 0.1) is 5.95 Å². The molecule has 4 aromatic rings. The molecule has 4 heterocycles. The van der Waals surface area contributed by atoms with Crippen molar-refractivity contribution in [1.82, 2.24) is 29.4 Å². The highest BCUT2D eigenvalue weighted by atomic mass is 35.5. The van der Waals surface area contributed by atoms with E-state index in [0.29, 0.717) is 27.5 Å². The van der Waals surface area contributed by atoms with Crippen LogP contribution < -0.4 is 0 Å². The zero-order valence-electron chi connectivity index (χ0n) is 12.0. The van der Waals surface area contributed by atoms with Crippen molar-refractivity contribution in [2.45, 2.75) is 0 Å². The standard InChI is InChI=1S/C15H10ClFN6/c1-22-7-10(5-19-22)12-8-23-15(11(16)6-20-23)14(21-12)9-2-3-13(17)18-4-9/h2-8H,1H3. The lowest BCUT2D eigenvalue weighted by Gasteiger charge is -2.07. The molecular weight excluding hydrogens is 319 g/mol. The number of nitrogens with zero attached hydrogens (tertiary/aromatic N) is 6. The highest BCUT2D eigenvalue weighted by Gasteiger charge is 2.15. The molecule has 0 unspecified atom stereocenters. The number of rotatable bonds is 2. The van der Waals surface area contributed by atoms with E-state index in [2.05, 4.69) is 20.2 Å². The van der Waals surface area contributed by atoms with E-state index in [0.717, 1.165) is 5.56 Å². The third-order valence-corrected chi connectivity index (χ3v) is 3.73. The summed E-state index contributed by atoms with van der Waals surface area (Å²) in [7, 11) is 1.83. The Morgan fingerprint density at radius 1 is 1.04 bits per heavy atom. The zero-order chi connectivity index (χ0) is 16.0. The van der Waals surface area contributed by atoms with Crippen LogP contribution in [0.1, 0.15) is 0 Å². The van der Waals surface area contributed by atoms with Crippen LogP contribution in [0.3, 0.4) is 0 Å². The fourth-order valence-corrected chi connectivity index (χ4v) is 2.61. The summed E-state index contributed by atoms with van der Waals surface area (Å²) in [6.07, 6.45) is 8.32. The van der Waals surface area contributed by atoms with Crippen molar-refractivity contribution in [1.29, 1.82) is 0 Å². The minimum atomic E-state index is -0.548. The number of halogens is 2. The van der Waals surface area contributed by atoms with E-state index in [-0.39, 0.29) is 0 Å². The molecule has 0 saturated heterocycles. The maximum Gasteiger partial charge on any atom is 0.212 e. The topological polar surface area (TPSA) is 60.9 Å². The van der Waals surface area contributed by atoms with Crippen molar-refractivity contribution in [3.63, 3.8) is 0 Å². The molecule has 114 valence electrons. The predicted molar refractivity (Wildman–Crippen MR) is 83.4 cm³/mol. The SMILES string of the molecule is Cn1cc(-c2cn3ncc(Cl)c3c(-c3ccc(F)nc3)n2)cn1. The summed E-state index contributed by atoms with van der Waals surface area (Å²) < 4.78 is 16.4. The molecule has 4 aromatic heterocycles. The van der Waals surface area contributed by atoms with E-state index in [4.69, 9.17) is 11.6 Å². The molecule has 0 aliphatic carbocycles. The smallest absolute Gasteiger partial charge is 0.212 e. The molecule has 0 aliphatic heterocycles. The van der Waals surface area contributed by atoms with Crippen LogP contribution in [0.15, 0.2) is 43.1 Å². The zero-order valence-corrected chi connectivity index (χ0v) is 12.7. The molecule has 0 radical (unpaired) electrons. The Balaban J connectivity index is 2.00. The third-order valence-electron chi connectivity index (χ3n) is 3.45. The first-order valence-electron chi connectivity index (χ1n) is 6.76. The van der Waals surface area contributed by atoms with Gasteiger partial charge in [0.25, 0.3) is 0 Å². The molecule has 8 heteroatoms. The molecule has 0 spiro atoms. The summed E-state index contributed by atoms with van der Waals surface area (Å²) in [6, 6.07) is 2.90. The third kappa shape index (κ3) is 2.35. The average Bonchev–Trinajstić information content (AvgIpc) is 3.14. The molecule has 6 nitrogen and oxygen atoms in total. The molecule has 0 aliphatic rings. The maximum atomic E-state index is 13.1. The Morgan fingerprint density at radius 3 is 2.61 bits per heavy atom. The highest BCUT2D eigenvalue weighted by molar-refractivity contribution is 6.34. The highest BCUT2D eigenvalue weighted by Crippen LogP contribution is 2.30. The second-order valence-electron chi connectivity index (χ2n) is 5.03. The van der Waals surface area contributed by atoms with Crippen LogP contribution >= 0.6 is 11.6 Å². The van der Waals surface area contributed by atoms with Crippen molar-refractivity contribution in [2.24, 2.45) is 7.05 Å². The summed E-state index contributed by atoms with van der Waals surface area (Å²) in [5, 5.41) is 8.86. The minimum absolute atomic E-state index is 0.467. The number of hydrogen-bond donors (Lipinski definition) is 0. The molecule has 0 atom stereocenters. The first kappa shape index (κ1) is 13.8. The summed E-state index contributed by atoms with van der Waals surface area (Å²) in [6.45, 7) is 0. The van der Waals surface area contributed by atoms with Crippen LogP contribution in [0.2, 0.25) is 5.02 Å². The van der Waals surface area contributed by atoms with Gasteiger partial charge >= 0.3 is 0 Å². The van der Waals surface area contributed by atoms with E-state index >= 15 is 0 Å². The van der Waals surface area contributed by atoms with E-state index in [9.17, 15) is 4.39 Å². The van der Waals surface area contributed by atoms with Gasteiger partial charge in [-0.3, -0.25) is 4.68 Å². The van der Waals surface area contributed by atoms with Crippen molar-refractivity contribution in [3.8, 4) is 22.5 Å².